The second kappa shape index (κ2) is 7.34. The van der Waals surface area contributed by atoms with E-state index in [0.717, 1.165) is 32.7 Å². The van der Waals surface area contributed by atoms with Crippen LogP contribution >= 0.6 is 0 Å². The molecule has 1 N–H and O–H groups in total. The third-order valence-corrected chi connectivity index (χ3v) is 5.21. The summed E-state index contributed by atoms with van der Waals surface area (Å²) in [5, 5.41) is 0. The van der Waals surface area contributed by atoms with Crippen LogP contribution in [0.2, 0.25) is 0 Å². The van der Waals surface area contributed by atoms with E-state index >= 15 is 0 Å². The van der Waals surface area contributed by atoms with Crippen LogP contribution in [-0.4, -0.2) is 60.4 Å². The maximum Gasteiger partial charge on any atom is 0.228 e. The summed E-state index contributed by atoms with van der Waals surface area (Å²) in [6, 6.07) is 10.7. The Bertz CT molecular complexity index is 580. The van der Waals surface area contributed by atoms with Crippen LogP contribution in [0.1, 0.15) is 25.8 Å². The summed E-state index contributed by atoms with van der Waals surface area (Å²) in [4.78, 5) is 30.1. The molecule has 5 heteroatoms. The summed E-state index contributed by atoms with van der Waals surface area (Å²) < 4.78 is 0. The van der Waals surface area contributed by atoms with E-state index in [9.17, 15) is 9.59 Å². The van der Waals surface area contributed by atoms with Crippen molar-refractivity contribution in [3.05, 3.63) is 35.9 Å². The lowest BCUT2D eigenvalue weighted by Crippen LogP contribution is -3.13. The van der Waals surface area contributed by atoms with Gasteiger partial charge in [-0.25, -0.2) is 0 Å². The number of carbonyl (C=O) groups excluding carboxylic acids is 2. The van der Waals surface area contributed by atoms with Gasteiger partial charge in [0.2, 0.25) is 11.8 Å². The topological polar surface area (TPSA) is 45.1 Å². The van der Waals surface area contributed by atoms with Crippen molar-refractivity contribution < 1.29 is 14.5 Å². The van der Waals surface area contributed by atoms with Crippen LogP contribution in [0.15, 0.2) is 30.3 Å². The monoisotopic (exact) mass is 330 g/mol. The maximum atomic E-state index is 12.7. The number of piperazine rings is 1. The number of hydrogen-bond donors (Lipinski definition) is 1. The number of quaternary nitrogens is 1. The molecule has 0 saturated carbocycles. The van der Waals surface area contributed by atoms with Gasteiger partial charge in [-0.05, 0) is 13.8 Å². The van der Waals surface area contributed by atoms with Crippen LogP contribution in [0.3, 0.4) is 0 Å². The molecule has 3 rings (SSSR count). The van der Waals surface area contributed by atoms with Gasteiger partial charge in [0.25, 0.3) is 0 Å². The number of nitrogens with one attached hydrogen (secondary N) is 1. The molecule has 0 bridgehead atoms. The van der Waals surface area contributed by atoms with Gasteiger partial charge in [0, 0.05) is 24.6 Å². The molecule has 1 aromatic rings. The maximum absolute atomic E-state index is 12.7. The number of amides is 2. The van der Waals surface area contributed by atoms with Crippen molar-refractivity contribution in [1.82, 2.24) is 9.80 Å². The van der Waals surface area contributed by atoms with Crippen molar-refractivity contribution >= 4 is 11.8 Å². The van der Waals surface area contributed by atoms with Crippen molar-refractivity contribution in [3.8, 4) is 0 Å². The SMILES string of the molecule is CC(C)N1C[C@H](C(=O)N2CC[NH+](Cc3ccccc3)CC2)CC1=O. The molecule has 2 aliphatic rings. The number of carbonyl (C=O) groups is 2. The Morgan fingerprint density at radius 2 is 1.88 bits per heavy atom. The van der Waals surface area contributed by atoms with E-state index in [1.807, 2.05) is 29.7 Å². The molecule has 1 aromatic carbocycles. The van der Waals surface area contributed by atoms with Crippen molar-refractivity contribution in [2.75, 3.05) is 32.7 Å². The van der Waals surface area contributed by atoms with E-state index in [2.05, 4.69) is 24.3 Å². The first-order chi connectivity index (χ1) is 11.5. The number of benzene rings is 1. The van der Waals surface area contributed by atoms with E-state index in [0.29, 0.717) is 13.0 Å². The second-order valence-corrected chi connectivity index (χ2v) is 7.28. The number of rotatable bonds is 4. The summed E-state index contributed by atoms with van der Waals surface area (Å²) in [5.41, 5.74) is 1.35. The molecule has 2 heterocycles. The predicted molar refractivity (Wildman–Crippen MR) is 92.4 cm³/mol. The lowest BCUT2D eigenvalue weighted by Gasteiger charge is -2.33. The zero-order valence-corrected chi connectivity index (χ0v) is 14.7. The first-order valence-electron chi connectivity index (χ1n) is 9.00. The van der Waals surface area contributed by atoms with Gasteiger partial charge in [-0.2, -0.15) is 0 Å². The van der Waals surface area contributed by atoms with Gasteiger partial charge in [0.15, 0.2) is 0 Å². The van der Waals surface area contributed by atoms with Gasteiger partial charge >= 0.3 is 0 Å². The van der Waals surface area contributed by atoms with Crippen LogP contribution in [0.4, 0.5) is 0 Å². The molecule has 2 aliphatic heterocycles. The van der Waals surface area contributed by atoms with E-state index in [1.165, 1.54) is 10.5 Å². The Morgan fingerprint density at radius 3 is 2.46 bits per heavy atom. The van der Waals surface area contributed by atoms with Gasteiger partial charge in [0.05, 0.1) is 32.1 Å². The Kier molecular flexibility index (Phi) is 5.19. The average Bonchev–Trinajstić information content (AvgIpc) is 2.98. The van der Waals surface area contributed by atoms with Crippen molar-refractivity contribution in [1.29, 1.82) is 0 Å². The van der Waals surface area contributed by atoms with Gasteiger partial charge in [-0.3, -0.25) is 9.59 Å². The lowest BCUT2D eigenvalue weighted by molar-refractivity contribution is -0.917. The van der Waals surface area contributed by atoms with Crippen molar-refractivity contribution in [2.45, 2.75) is 32.9 Å². The molecule has 0 aliphatic carbocycles. The molecule has 2 fully saturated rings. The smallest absolute Gasteiger partial charge is 0.228 e. The molecule has 1 atom stereocenters. The van der Waals surface area contributed by atoms with E-state index < -0.39 is 0 Å². The molecular weight excluding hydrogens is 302 g/mol. The Hall–Kier alpha value is -1.88. The third-order valence-electron chi connectivity index (χ3n) is 5.21. The molecule has 2 saturated heterocycles. The fourth-order valence-corrected chi connectivity index (χ4v) is 3.76. The van der Waals surface area contributed by atoms with Gasteiger partial charge < -0.3 is 14.7 Å². The van der Waals surface area contributed by atoms with E-state index in [-0.39, 0.29) is 23.8 Å². The number of likely N-dealkylation sites (tertiary alicyclic amines) is 1. The zero-order chi connectivity index (χ0) is 17.1. The number of hydrogen-bond acceptors (Lipinski definition) is 2. The minimum absolute atomic E-state index is 0.122. The molecule has 0 radical (unpaired) electrons. The van der Waals surface area contributed by atoms with Crippen molar-refractivity contribution in [3.63, 3.8) is 0 Å². The summed E-state index contributed by atoms with van der Waals surface area (Å²) >= 11 is 0. The lowest BCUT2D eigenvalue weighted by atomic mass is 10.1. The summed E-state index contributed by atoms with van der Waals surface area (Å²) in [5.74, 6) is 0.150. The van der Waals surface area contributed by atoms with Gasteiger partial charge in [-0.15, -0.1) is 0 Å². The fraction of sp³-hybridized carbons (Fsp3) is 0.579. The highest BCUT2D eigenvalue weighted by atomic mass is 16.2. The fourth-order valence-electron chi connectivity index (χ4n) is 3.76. The minimum atomic E-state index is -0.143. The highest BCUT2D eigenvalue weighted by Crippen LogP contribution is 2.22. The predicted octanol–water partition coefficient (Wildman–Crippen LogP) is 0.171. The van der Waals surface area contributed by atoms with Crippen LogP contribution < -0.4 is 4.90 Å². The molecular formula is C19H28N3O2+. The summed E-state index contributed by atoms with van der Waals surface area (Å²) in [6.45, 7) is 9.19. The van der Waals surface area contributed by atoms with Crippen LogP contribution in [-0.2, 0) is 16.1 Å². The average molecular weight is 330 g/mol. The molecule has 0 spiro atoms. The standard InChI is InChI=1S/C19H27N3O2/c1-15(2)22-14-17(12-18(22)23)19(24)21-10-8-20(9-11-21)13-16-6-4-3-5-7-16/h3-7,15,17H,8-14H2,1-2H3/p+1/t17-/m1/s1. The Balaban J connectivity index is 1.50. The molecule has 24 heavy (non-hydrogen) atoms. The number of nitrogens with zero attached hydrogens (tertiary/aromatic N) is 2. The van der Waals surface area contributed by atoms with Gasteiger partial charge in [0.1, 0.15) is 6.54 Å². The van der Waals surface area contributed by atoms with E-state index in [1.54, 1.807) is 0 Å². The summed E-state index contributed by atoms with van der Waals surface area (Å²) in [7, 11) is 0. The van der Waals surface area contributed by atoms with Crippen molar-refractivity contribution in [2.24, 2.45) is 5.92 Å². The van der Waals surface area contributed by atoms with Crippen LogP contribution in [0, 0.1) is 5.92 Å². The van der Waals surface area contributed by atoms with Gasteiger partial charge in [-0.1, -0.05) is 30.3 Å². The van der Waals surface area contributed by atoms with Crippen LogP contribution in [0.5, 0.6) is 0 Å². The molecule has 0 aromatic heterocycles. The van der Waals surface area contributed by atoms with E-state index in [4.69, 9.17) is 0 Å². The highest BCUT2D eigenvalue weighted by molar-refractivity contribution is 5.89. The second-order valence-electron chi connectivity index (χ2n) is 7.28. The van der Waals surface area contributed by atoms with Crippen LogP contribution in [0.25, 0.3) is 0 Å². The minimum Gasteiger partial charge on any atom is -0.339 e. The first-order valence-corrected chi connectivity index (χ1v) is 9.00. The molecule has 130 valence electrons. The zero-order valence-electron chi connectivity index (χ0n) is 14.7. The third kappa shape index (κ3) is 3.78. The normalized spacial score (nSPS) is 22.5. The largest absolute Gasteiger partial charge is 0.339 e. The first kappa shape index (κ1) is 17.0. The highest BCUT2D eigenvalue weighted by Gasteiger charge is 2.38. The Morgan fingerprint density at radius 1 is 1.21 bits per heavy atom. The Labute approximate surface area is 144 Å². The quantitative estimate of drug-likeness (QED) is 0.855. The molecule has 0 unspecified atom stereocenters. The molecule has 5 nitrogen and oxygen atoms in total. The summed E-state index contributed by atoms with van der Waals surface area (Å²) in [6.07, 6.45) is 0.383. The molecule has 2 amide bonds.